The lowest BCUT2D eigenvalue weighted by molar-refractivity contribution is -0.271. The van der Waals surface area contributed by atoms with E-state index in [1.807, 2.05) is 12.1 Å². The molecule has 1 saturated heterocycles. The van der Waals surface area contributed by atoms with Crippen molar-refractivity contribution in [3.05, 3.63) is 53.6 Å². The highest BCUT2D eigenvalue weighted by Gasteiger charge is 2.48. The molecule has 5 N–H and O–H groups in total. The van der Waals surface area contributed by atoms with Crippen molar-refractivity contribution in [2.45, 2.75) is 30.7 Å². The van der Waals surface area contributed by atoms with Gasteiger partial charge in [0, 0.05) is 6.07 Å². The second-order valence-corrected chi connectivity index (χ2v) is 6.72. The Morgan fingerprint density at radius 3 is 2.23 bits per heavy atom. The summed E-state index contributed by atoms with van der Waals surface area (Å²) in [5.74, 6) is -0.858. The summed E-state index contributed by atoms with van der Waals surface area (Å²) in [4.78, 5) is 11.2. The summed E-state index contributed by atoms with van der Waals surface area (Å²) in [5.41, 5.74) is 1.44. The highest BCUT2D eigenvalue weighted by molar-refractivity contribution is 5.73. The first-order valence-corrected chi connectivity index (χ1v) is 9.04. The molecular weight excluding hydrogens is 396 g/mol. The number of phenols is 1. The summed E-state index contributed by atoms with van der Waals surface area (Å²) >= 11 is 0. The van der Waals surface area contributed by atoms with Gasteiger partial charge in [-0.1, -0.05) is 24.3 Å². The van der Waals surface area contributed by atoms with Gasteiger partial charge in [-0.05, 0) is 35.4 Å². The molecule has 30 heavy (non-hydrogen) atoms. The van der Waals surface area contributed by atoms with Crippen molar-refractivity contribution < 1.29 is 44.5 Å². The molecule has 0 spiro atoms. The molecule has 1 heterocycles. The number of carboxylic acid groups (broad SMARTS) is 1. The monoisotopic (exact) mass is 418 g/mol. The molecule has 1 fully saturated rings. The molecule has 0 saturated carbocycles. The first kappa shape index (κ1) is 21.6. The molecule has 5 unspecified atom stereocenters. The minimum atomic E-state index is -1.82. The fraction of sp³-hybridized carbons (Fsp3) is 0.286. The SMILES string of the molecule is COc1ccc(/C=C/c2cc(O)cc(OC3OC(C(=O)O)C(O)C(O)C3O)c2)cc1. The van der Waals surface area contributed by atoms with E-state index >= 15 is 0 Å². The van der Waals surface area contributed by atoms with Crippen molar-refractivity contribution in [3.8, 4) is 17.2 Å². The third-order valence-electron chi connectivity index (χ3n) is 4.56. The van der Waals surface area contributed by atoms with Gasteiger partial charge in [-0.15, -0.1) is 0 Å². The van der Waals surface area contributed by atoms with Crippen molar-refractivity contribution in [3.63, 3.8) is 0 Å². The van der Waals surface area contributed by atoms with Gasteiger partial charge >= 0.3 is 5.97 Å². The summed E-state index contributed by atoms with van der Waals surface area (Å²) in [7, 11) is 1.57. The Morgan fingerprint density at radius 2 is 1.60 bits per heavy atom. The molecule has 1 aliphatic heterocycles. The Hall–Kier alpha value is -3.11. The summed E-state index contributed by atoms with van der Waals surface area (Å²) < 4.78 is 15.6. The topological polar surface area (TPSA) is 146 Å². The van der Waals surface area contributed by atoms with Crippen molar-refractivity contribution in [2.24, 2.45) is 0 Å². The molecule has 0 aliphatic carbocycles. The van der Waals surface area contributed by atoms with Crippen LogP contribution >= 0.6 is 0 Å². The first-order valence-electron chi connectivity index (χ1n) is 9.04. The van der Waals surface area contributed by atoms with Crippen molar-refractivity contribution >= 4 is 18.1 Å². The molecule has 0 bridgehead atoms. The number of aromatic hydroxyl groups is 1. The summed E-state index contributed by atoms with van der Waals surface area (Å²) in [6.45, 7) is 0. The zero-order valence-electron chi connectivity index (χ0n) is 16.0. The summed E-state index contributed by atoms with van der Waals surface area (Å²) in [6, 6.07) is 11.6. The number of hydrogen-bond donors (Lipinski definition) is 5. The zero-order valence-corrected chi connectivity index (χ0v) is 16.0. The molecule has 5 atom stereocenters. The van der Waals surface area contributed by atoms with Crippen LogP contribution in [0.3, 0.4) is 0 Å². The predicted molar refractivity (Wildman–Crippen MR) is 105 cm³/mol. The lowest BCUT2D eigenvalue weighted by Gasteiger charge is -2.38. The molecule has 3 rings (SSSR count). The number of carbonyl (C=O) groups is 1. The highest BCUT2D eigenvalue weighted by atomic mass is 16.7. The van der Waals surface area contributed by atoms with Gasteiger partial charge in [0.25, 0.3) is 0 Å². The molecule has 0 amide bonds. The van der Waals surface area contributed by atoms with Crippen LogP contribution in [-0.2, 0) is 9.53 Å². The van der Waals surface area contributed by atoms with Crippen LogP contribution in [0.2, 0.25) is 0 Å². The third kappa shape index (κ3) is 4.89. The van der Waals surface area contributed by atoms with E-state index in [9.17, 15) is 25.2 Å². The van der Waals surface area contributed by atoms with E-state index in [4.69, 9.17) is 19.3 Å². The number of phenolic OH excluding ortho intramolecular Hbond substituents is 1. The van der Waals surface area contributed by atoms with Crippen molar-refractivity contribution in [2.75, 3.05) is 7.11 Å². The first-order chi connectivity index (χ1) is 14.3. The maximum absolute atomic E-state index is 11.2. The second-order valence-electron chi connectivity index (χ2n) is 6.72. The van der Waals surface area contributed by atoms with E-state index in [1.165, 1.54) is 18.2 Å². The van der Waals surface area contributed by atoms with E-state index in [1.54, 1.807) is 31.4 Å². The predicted octanol–water partition coefficient (Wildman–Crippen LogP) is 0.842. The van der Waals surface area contributed by atoms with Gasteiger partial charge in [-0.3, -0.25) is 0 Å². The Bertz CT molecular complexity index is 909. The van der Waals surface area contributed by atoms with Gasteiger partial charge < -0.3 is 39.7 Å². The van der Waals surface area contributed by atoms with Crippen LogP contribution in [0.15, 0.2) is 42.5 Å². The Labute approximate surface area is 172 Å². The minimum Gasteiger partial charge on any atom is -0.508 e. The number of aliphatic carboxylic acids is 1. The maximum atomic E-state index is 11.2. The van der Waals surface area contributed by atoms with Crippen molar-refractivity contribution in [1.29, 1.82) is 0 Å². The number of hydrogen-bond acceptors (Lipinski definition) is 8. The smallest absolute Gasteiger partial charge is 0.335 e. The van der Waals surface area contributed by atoms with Crippen LogP contribution in [0.25, 0.3) is 12.2 Å². The Balaban J connectivity index is 1.77. The van der Waals surface area contributed by atoms with Crippen molar-refractivity contribution in [1.82, 2.24) is 0 Å². The Morgan fingerprint density at radius 1 is 0.933 bits per heavy atom. The standard InChI is InChI=1S/C21H22O9/c1-28-14-6-4-11(5-7-14)2-3-12-8-13(22)10-15(9-12)29-21-18(25)16(23)17(24)19(30-21)20(26)27/h2-10,16-19,21-25H,1H3,(H,26,27)/b3-2+. The van der Waals surface area contributed by atoms with Gasteiger partial charge in [-0.2, -0.15) is 0 Å². The molecular formula is C21H22O9. The third-order valence-corrected chi connectivity index (χ3v) is 4.56. The number of methoxy groups -OCH3 is 1. The number of aliphatic hydroxyl groups is 3. The highest BCUT2D eigenvalue weighted by Crippen LogP contribution is 2.28. The van der Waals surface area contributed by atoms with E-state index in [2.05, 4.69) is 0 Å². The molecule has 160 valence electrons. The van der Waals surface area contributed by atoms with Gasteiger partial charge in [0.05, 0.1) is 7.11 Å². The second kappa shape index (κ2) is 9.14. The van der Waals surface area contributed by atoms with Crippen LogP contribution in [0.4, 0.5) is 0 Å². The molecule has 9 nitrogen and oxygen atoms in total. The summed E-state index contributed by atoms with van der Waals surface area (Å²) in [5, 5.41) is 48.8. The van der Waals surface area contributed by atoms with E-state index in [0.717, 1.165) is 11.3 Å². The largest absolute Gasteiger partial charge is 0.508 e. The van der Waals surface area contributed by atoms with Crippen LogP contribution in [-0.4, -0.2) is 69.3 Å². The summed E-state index contributed by atoms with van der Waals surface area (Å²) in [6.07, 6.45) is -5.13. The van der Waals surface area contributed by atoms with E-state index in [0.29, 0.717) is 5.56 Å². The van der Waals surface area contributed by atoms with Crippen LogP contribution in [0.5, 0.6) is 17.2 Å². The lowest BCUT2D eigenvalue weighted by Crippen LogP contribution is -2.61. The number of benzene rings is 2. The molecule has 1 aliphatic rings. The number of ether oxygens (including phenoxy) is 3. The quantitative estimate of drug-likeness (QED) is 0.431. The zero-order chi connectivity index (χ0) is 21.8. The maximum Gasteiger partial charge on any atom is 0.335 e. The molecule has 2 aromatic rings. The van der Waals surface area contributed by atoms with Gasteiger partial charge in [0.2, 0.25) is 6.29 Å². The lowest BCUT2D eigenvalue weighted by atomic mass is 9.99. The Kier molecular flexibility index (Phi) is 6.58. The number of carboxylic acids is 1. The molecule has 2 aromatic carbocycles. The van der Waals surface area contributed by atoms with E-state index < -0.39 is 36.7 Å². The molecule has 0 aromatic heterocycles. The van der Waals surface area contributed by atoms with Crippen LogP contribution in [0.1, 0.15) is 11.1 Å². The van der Waals surface area contributed by atoms with Crippen LogP contribution < -0.4 is 9.47 Å². The number of rotatable bonds is 6. The molecule has 9 heteroatoms. The van der Waals surface area contributed by atoms with Gasteiger partial charge in [-0.25, -0.2) is 4.79 Å². The normalized spacial score (nSPS) is 26.5. The van der Waals surface area contributed by atoms with E-state index in [-0.39, 0.29) is 11.5 Å². The fourth-order valence-electron chi connectivity index (χ4n) is 2.96. The minimum absolute atomic E-state index is 0.0705. The fourth-order valence-corrected chi connectivity index (χ4v) is 2.96. The average Bonchev–Trinajstić information content (AvgIpc) is 2.72. The van der Waals surface area contributed by atoms with Gasteiger partial charge in [0.15, 0.2) is 6.10 Å². The average molecular weight is 418 g/mol. The molecule has 0 radical (unpaired) electrons. The van der Waals surface area contributed by atoms with Crippen LogP contribution in [0, 0.1) is 0 Å². The van der Waals surface area contributed by atoms with Gasteiger partial charge in [0.1, 0.15) is 35.6 Å². The number of aliphatic hydroxyl groups excluding tert-OH is 3.